The minimum atomic E-state index is 0.566. The van der Waals surface area contributed by atoms with Crippen molar-refractivity contribution in [3.05, 3.63) is 29.1 Å². The summed E-state index contributed by atoms with van der Waals surface area (Å²) >= 11 is 0. The van der Waals surface area contributed by atoms with Gasteiger partial charge in [0.05, 0.1) is 20.8 Å². The van der Waals surface area contributed by atoms with Gasteiger partial charge in [-0.05, 0) is 18.6 Å². The third-order valence-corrected chi connectivity index (χ3v) is 1.88. The van der Waals surface area contributed by atoms with Crippen molar-refractivity contribution >= 4 is 5.69 Å². The van der Waals surface area contributed by atoms with Crippen molar-refractivity contribution < 1.29 is 9.47 Å². The average molecular weight is 177 g/mol. The predicted octanol–water partition coefficient (Wildman–Crippen LogP) is 2.56. The van der Waals surface area contributed by atoms with Crippen molar-refractivity contribution in [3.8, 4) is 11.5 Å². The molecule has 0 saturated heterocycles. The smallest absolute Gasteiger partial charge is 0.197 e. The Morgan fingerprint density at radius 3 is 2.38 bits per heavy atom. The zero-order valence-electron chi connectivity index (χ0n) is 7.92. The van der Waals surface area contributed by atoms with Crippen molar-refractivity contribution in [2.24, 2.45) is 0 Å². The van der Waals surface area contributed by atoms with Crippen LogP contribution in [0.4, 0.5) is 5.69 Å². The fraction of sp³-hybridized carbons (Fsp3) is 0.300. The van der Waals surface area contributed by atoms with Gasteiger partial charge in [0, 0.05) is 6.07 Å². The first-order chi connectivity index (χ1) is 6.22. The highest BCUT2D eigenvalue weighted by Crippen LogP contribution is 2.33. The quantitative estimate of drug-likeness (QED) is 0.648. The molecular formula is C10H11NO2. The lowest BCUT2D eigenvalue weighted by Gasteiger charge is -2.08. The minimum Gasteiger partial charge on any atom is -0.498 e. The summed E-state index contributed by atoms with van der Waals surface area (Å²) in [6.45, 7) is 8.79. The Balaban J connectivity index is 3.31. The summed E-state index contributed by atoms with van der Waals surface area (Å²) in [5, 5.41) is 0. The topological polar surface area (TPSA) is 22.8 Å². The fourth-order valence-corrected chi connectivity index (χ4v) is 1.09. The molecule has 0 radical (unpaired) electrons. The van der Waals surface area contributed by atoms with Gasteiger partial charge in [-0.3, -0.25) is 0 Å². The third kappa shape index (κ3) is 1.73. The van der Waals surface area contributed by atoms with Crippen LogP contribution in [0.5, 0.6) is 11.5 Å². The largest absolute Gasteiger partial charge is 0.498 e. The van der Waals surface area contributed by atoms with Crippen LogP contribution in [0.1, 0.15) is 5.56 Å². The normalized spacial score (nSPS) is 9.08. The molecule has 0 heterocycles. The zero-order valence-corrected chi connectivity index (χ0v) is 7.92. The lowest BCUT2D eigenvalue weighted by Crippen LogP contribution is -1.89. The van der Waals surface area contributed by atoms with Gasteiger partial charge in [0.2, 0.25) is 0 Å². The van der Waals surface area contributed by atoms with Gasteiger partial charge in [-0.2, -0.15) is 0 Å². The first-order valence-electron chi connectivity index (χ1n) is 3.83. The van der Waals surface area contributed by atoms with Crippen LogP contribution in [0.15, 0.2) is 12.1 Å². The van der Waals surface area contributed by atoms with E-state index in [1.807, 2.05) is 6.92 Å². The van der Waals surface area contributed by atoms with E-state index in [2.05, 4.69) is 4.85 Å². The van der Waals surface area contributed by atoms with Gasteiger partial charge in [-0.15, -0.1) is 0 Å². The second kappa shape index (κ2) is 3.81. The molecular weight excluding hydrogens is 166 g/mol. The van der Waals surface area contributed by atoms with E-state index in [0.29, 0.717) is 17.2 Å². The van der Waals surface area contributed by atoms with E-state index in [1.165, 1.54) is 0 Å². The van der Waals surface area contributed by atoms with Gasteiger partial charge >= 0.3 is 0 Å². The molecule has 1 aromatic carbocycles. The zero-order chi connectivity index (χ0) is 9.84. The molecule has 0 aromatic heterocycles. The highest BCUT2D eigenvalue weighted by molar-refractivity contribution is 5.61. The van der Waals surface area contributed by atoms with Crippen molar-refractivity contribution in [3.63, 3.8) is 0 Å². The molecule has 0 N–H and O–H groups in total. The molecule has 0 spiro atoms. The van der Waals surface area contributed by atoms with E-state index < -0.39 is 0 Å². The van der Waals surface area contributed by atoms with Crippen molar-refractivity contribution in [1.29, 1.82) is 0 Å². The molecule has 0 saturated carbocycles. The van der Waals surface area contributed by atoms with Crippen molar-refractivity contribution in [2.75, 3.05) is 14.2 Å². The van der Waals surface area contributed by atoms with Gasteiger partial charge in [0.15, 0.2) is 5.69 Å². The maximum atomic E-state index is 6.94. The minimum absolute atomic E-state index is 0.566. The molecule has 0 unspecified atom stereocenters. The van der Waals surface area contributed by atoms with Gasteiger partial charge in [0.1, 0.15) is 11.5 Å². The number of ether oxygens (including phenoxy) is 2. The molecule has 13 heavy (non-hydrogen) atoms. The highest BCUT2D eigenvalue weighted by atomic mass is 16.5. The first-order valence-corrected chi connectivity index (χ1v) is 3.83. The molecule has 0 aliphatic heterocycles. The predicted molar refractivity (Wildman–Crippen MR) is 50.5 cm³/mol. The Hall–Kier alpha value is -1.69. The van der Waals surface area contributed by atoms with E-state index in [1.54, 1.807) is 26.4 Å². The Morgan fingerprint density at radius 2 is 1.92 bits per heavy atom. The Morgan fingerprint density at radius 1 is 1.23 bits per heavy atom. The van der Waals surface area contributed by atoms with Crippen LogP contribution in [0.2, 0.25) is 0 Å². The molecule has 0 bridgehead atoms. The van der Waals surface area contributed by atoms with E-state index >= 15 is 0 Å². The molecule has 0 atom stereocenters. The van der Waals surface area contributed by atoms with Crippen molar-refractivity contribution in [1.82, 2.24) is 0 Å². The first kappa shape index (κ1) is 9.40. The van der Waals surface area contributed by atoms with Crippen LogP contribution < -0.4 is 9.47 Å². The summed E-state index contributed by atoms with van der Waals surface area (Å²) in [5.74, 6) is 1.33. The molecule has 0 amide bonds. The Labute approximate surface area is 77.7 Å². The number of hydrogen-bond acceptors (Lipinski definition) is 2. The van der Waals surface area contributed by atoms with Gasteiger partial charge in [-0.25, -0.2) is 4.85 Å². The molecule has 3 nitrogen and oxygen atoms in total. The van der Waals surface area contributed by atoms with Crippen LogP contribution in [0.3, 0.4) is 0 Å². The molecule has 0 aliphatic carbocycles. The third-order valence-electron chi connectivity index (χ3n) is 1.88. The van der Waals surface area contributed by atoms with Crippen LogP contribution in [0, 0.1) is 13.5 Å². The average Bonchev–Trinajstić information content (AvgIpc) is 2.18. The Bertz CT molecular complexity index is 353. The number of methoxy groups -OCH3 is 2. The van der Waals surface area contributed by atoms with E-state index in [4.69, 9.17) is 16.0 Å². The van der Waals surface area contributed by atoms with Crippen LogP contribution in [-0.2, 0) is 0 Å². The maximum Gasteiger partial charge on any atom is 0.197 e. The summed E-state index contributed by atoms with van der Waals surface area (Å²) < 4.78 is 10.1. The number of benzene rings is 1. The van der Waals surface area contributed by atoms with Crippen LogP contribution >= 0.6 is 0 Å². The molecule has 1 rings (SSSR count). The van der Waals surface area contributed by atoms with Crippen LogP contribution in [-0.4, -0.2) is 14.2 Å². The lowest BCUT2D eigenvalue weighted by molar-refractivity contribution is 0.393. The van der Waals surface area contributed by atoms with E-state index in [0.717, 1.165) is 5.56 Å². The fourth-order valence-electron chi connectivity index (χ4n) is 1.09. The van der Waals surface area contributed by atoms with Gasteiger partial charge in [0.25, 0.3) is 0 Å². The molecule has 68 valence electrons. The van der Waals surface area contributed by atoms with E-state index in [9.17, 15) is 0 Å². The highest BCUT2D eigenvalue weighted by Gasteiger charge is 2.07. The number of rotatable bonds is 2. The van der Waals surface area contributed by atoms with Gasteiger partial charge in [-0.1, -0.05) is 0 Å². The van der Waals surface area contributed by atoms with Crippen LogP contribution in [0.25, 0.3) is 4.85 Å². The van der Waals surface area contributed by atoms with Gasteiger partial charge < -0.3 is 9.47 Å². The second-order valence-electron chi connectivity index (χ2n) is 2.59. The number of nitrogens with zero attached hydrogens (tertiary/aromatic N) is 1. The molecule has 3 heteroatoms. The van der Waals surface area contributed by atoms with Crippen molar-refractivity contribution in [2.45, 2.75) is 6.92 Å². The summed E-state index contributed by atoms with van der Waals surface area (Å²) in [6.07, 6.45) is 0. The second-order valence-corrected chi connectivity index (χ2v) is 2.59. The standard InChI is InChI=1S/C10H11NO2/c1-7-9(11-2)5-8(12-3)6-10(7)13-4/h5-6H,1,3-4H3. The molecule has 0 aliphatic rings. The number of hydrogen-bond donors (Lipinski definition) is 0. The SMILES string of the molecule is [C-]#[N+]c1cc(OC)cc(OC)c1C. The summed E-state index contributed by atoms with van der Waals surface area (Å²) in [4.78, 5) is 3.38. The lowest BCUT2D eigenvalue weighted by atomic mass is 10.1. The maximum absolute atomic E-state index is 6.94. The molecule has 0 fully saturated rings. The Kier molecular flexibility index (Phi) is 2.76. The monoisotopic (exact) mass is 177 g/mol. The summed E-state index contributed by atoms with van der Waals surface area (Å²) in [5.41, 5.74) is 1.41. The summed E-state index contributed by atoms with van der Waals surface area (Å²) in [6, 6.07) is 3.47. The molecule has 1 aromatic rings. The summed E-state index contributed by atoms with van der Waals surface area (Å²) in [7, 11) is 3.15. The van der Waals surface area contributed by atoms with E-state index in [-0.39, 0.29) is 0 Å².